The van der Waals surface area contributed by atoms with Crippen LogP contribution in [0.4, 0.5) is 10.8 Å². The minimum Gasteiger partial charge on any atom is -0.468 e. The minimum absolute atomic E-state index is 0.0519. The number of aryl methyl sites for hydroxylation is 1. The van der Waals surface area contributed by atoms with Crippen molar-refractivity contribution < 1.29 is 19.2 Å². The van der Waals surface area contributed by atoms with Crippen molar-refractivity contribution in [1.29, 1.82) is 0 Å². The molecule has 0 bridgehead atoms. The Bertz CT molecular complexity index is 792. The van der Waals surface area contributed by atoms with Crippen LogP contribution in [0.15, 0.2) is 22.5 Å². The van der Waals surface area contributed by atoms with Crippen molar-refractivity contribution in [1.82, 2.24) is 10.2 Å². The summed E-state index contributed by atoms with van der Waals surface area (Å²) in [7, 11) is 1.29. The highest BCUT2D eigenvalue weighted by Crippen LogP contribution is 2.26. The Morgan fingerprint density at radius 2 is 2.17 bits per heavy atom. The fourth-order valence-corrected chi connectivity index (χ4v) is 3.25. The van der Waals surface area contributed by atoms with E-state index in [9.17, 15) is 19.7 Å². The van der Waals surface area contributed by atoms with Crippen molar-refractivity contribution in [3.05, 3.63) is 39.4 Å². The Kier molecular flexibility index (Phi) is 5.82. The fraction of sp³-hybridized carbons (Fsp3) is 0.231. The molecule has 0 aliphatic rings. The van der Waals surface area contributed by atoms with Gasteiger partial charge in [0.1, 0.15) is 0 Å². The average molecular weight is 368 g/mol. The Hall–Kier alpha value is -2.53. The molecule has 126 valence electrons. The number of carbonyl (C=O) groups excluding carboxylic acids is 2. The Labute approximate surface area is 144 Å². The number of nitrogens with zero attached hydrogens (tertiary/aromatic N) is 3. The number of nitro benzene ring substituents is 1. The molecular weight excluding hydrogens is 356 g/mol. The van der Waals surface area contributed by atoms with Crippen LogP contribution < -0.4 is 5.32 Å². The summed E-state index contributed by atoms with van der Waals surface area (Å²) in [5.74, 6) is -0.739. The van der Waals surface area contributed by atoms with Crippen molar-refractivity contribution in [2.75, 3.05) is 18.2 Å². The lowest BCUT2D eigenvalue weighted by molar-refractivity contribution is -0.385. The van der Waals surface area contributed by atoms with Crippen LogP contribution in [-0.2, 0) is 9.53 Å². The van der Waals surface area contributed by atoms with Gasteiger partial charge in [-0.15, -0.1) is 10.2 Å². The zero-order chi connectivity index (χ0) is 17.7. The second-order valence-electron chi connectivity index (χ2n) is 4.45. The van der Waals surface area contributed by atoms with E-state index in [4.69, 9.17) is 0 Å². The maximum Gasteiger partial charge on any atom is 0.316 e. The zero-order valence-corrected chi connectivity index (χ0v) is 14.3. The van der Waals surface area contributed by atoms with E-state index in [2.05, 4.69) is 20.3 Å². The molecule has 9 nitrogen and oxygen atoms in total. The third kappa shape index (κ3) is 4.49. The van der Waals surface area contributed by atoms with Gasteiger partial charge in [0.05, 0.1) is 17.8 Å². The topological polar surface area (TPSA) is 124 Å². The third-order valence-corrected chi connectivity index (χ3v) is 4.77. The molecular formula is C13H12N4O5S2. The number of amides is 1. The molecule has 11 heteroatoms. The number of rotatable bonds is 6. The van der Waals surface area contributed by atoms with Crippen LogP contribution >= 0.6 is 23.1 Å². The number of ether oxygens (including phenoxy) is 1. The maximum atomic E-state index is 12.1. The highest BCUT2D eigenvalue weighted by Gasteiger charge is 2.15. The van der Waals surface area contributed by atoms with Crippen molar-refractivity contribution in [2.24, 2.45) is 0 Å². The van der Waals surface area contributed by atoms with Gasteiger partial charge < -0.3 is 4.74 Å². The molecule has 0 fully saturated rings. The summed E-state index contributed by atoms with van der Waals surface area (Å²) in [6.45, 7) is 1.56. The number of benzene rings is 1. The molecule has 2 rings (SSSR count). The molecule has 1 N–H and O–H groups in total. The molecule has 0 spiro atoms. The first-order valence-corrected chi connectivity index (χ1v) is 8.30. The third-order valence-electron chi connectivity index (χ3n) is 2.82. The van der Waals surface area contributed by atoms with Gasteiger partial charge in [-0.25, -0.2) is 0 Å². The average Bonchev–Trinajstić information content (AvgIpc) is 2.99. The SMILES string of the molecule is COC(=O)CSc1nnc(NC(=O)c2ccc([N+](=O)[O-])c(C)c2)s1. The zero-order valence-electron chi connectivity index (χ0n) is 12.6. The summed E-state index contributed by atoms with van der Waals surface area (Å²) in [4.78, 5) is 33.5. The van der Waals surface area contributed by atoms with Crippen molar-refractivity contribution in [3.63, 3.8) is 0 Å². The van der Waals surface area contributed by atoms with Crippen LogP contribution in [0.1, 0.15) is 15.9 Å². The quantitative estimate of drug-likeness (QED) is 0.271. The van der Waals surface area contributed by atoms with Crippen molar-refractivity contribution in [3.8, 4) is 0 Å². The minimum atomic E-state index is -0.507. The molecule has 24 heavy (non-hydrogen) atoms. The highest BCUT2D eigenvalue weighted by atomic mass is 32.2. The monoisotopic (exact) mass is 368 g/mol. The molecule has 1 aromatic heterocycles. The molecule has 0 saturated heterocycles. The predicted octanol–water partition coefficient (Wildman–Crippen LogP) is 2.27. The molecule has 0 aliphatic carbocycles. The van der Waals surface area contributed by atoms with E-state index in [1.165, 1.54) is 25.3 Å². The normalized spacial score (nSPS) is 10.2. The van der Waals surface area contributed by atoms with Crippen molar-refractivity contribution >= 4 is 45.8 Å². The number of thioether (sulfide) groups is 1. The van der Waals surface area contributed by atoms with Gasteiger partial charge in [0.2, 0.25) is 5.13 Å². The number of methoxy groups -OCH3 is 1. The van der Waals surface area contributed by atoms with E-state index in [1.54, 1.807) is 6.92 Å². The number of anilines is 1. The molecule has 0 radical (unpaired) electrons. The lowest BCUT2D eigenvalue weighted by Crippen LogP contribution is -2.12. The molecule has 0 atom stereocenters. The number of carbonyl (C=O) groups is 2. The first-order chi connectivity index (χ1) is 11.4. The van der Waals surface area contributed by atoms with Crippen LogP contribution in [-0.4, -0.2) is 39.9 Å². The van der Waals surface area contributed by atoms with Gasteiger partial charge in [0.15, 0.2) is 4.34 Å². The first kappa shape index (κ1) is 17.8. The maximum absolute atomic E-state index is 12.1. The Morgan fingerprint density at radius 3 is 2.79 bits per heavy atom. The first-order valence-electron chi connectivity index (χ1n) is 6.50. The van der Waals surface area contributed by atoms with Crippen LogP contribution in [0.25, 0.3) is 0 Å². The molecule has 1 amide bonds. The number of nitrogens with one attached hydrogen (secondary N) is 1. The van der Waals surface area contributed by atoms with Crippen LogP contribution in [0.2, 0.25) is 0 Å². The second kappa shape index (κ2) is 7.84. The van der Waals surface area contributed by atoms with Crippen LogP contribution in [0.3, 0.4) is 0 Å². The molecule has 0 aliphatic heterocycles. The van der Waals surface area contributed by atoms with Gasteiger partial charge in [0.25, 0.3) is 11.6 Å². The number of hydrogen-bond donors (Lipinski definition) is 1. The standard InChI is InChI=1S/C13H12N4O5S2/c1-7-5-8(3-4-9(7)17(20)21)11(19)14-12-15-16-13(24-12)23-6-10(18)22-2/h3-5H,6H2,1-2H3,(H,14,15,19). The van der Waals surface area contributed by atoms with E-state index in [0.717, 1.165) is 23.1 Å². The van der Waals surface area contributed by atoms with Crippen molar-refractivity contribution in [2.45, 2.75) is 11.3 Å². The van der Waals surface area contributed by atoms with Crippen LogP contribution in [0.5, 0.6) is 0 Å². The van der Waals surface area contributed by atoms with Gasteiger partial charge in [-0.1, -0.05) is 23.1 Å². The summed E-state index contributed by atoms with van der Waals surface area (Å²) in [6, 6.07) is 4.08. The number of hydrogen-bond acceptors (Lipinski definition) is 9. The molecule has 0 saturated carbocycles. The lowest BCUT2D eigenvalue weighted by atomic mass is 10.1. The van der Waals surface area contributed by atoms with E-state index in [0.29, 0.717) is 9.90 Å². The van der Waals surface area contributed by atoms with Crippen LogP contribution in [0, 0.1) is 17.0 Å². The molecule has 2 aromatic rings. The Balaban J connectivity index is 2.02. The predicted molar refractivity (Wildman–Crippen MR) is 88.4 cm³/mol. The van der Waals surface area contributed by atoms with Gasteiger partial charge >= 0.3 is 5.97 Å². The smallest absolute Gasteiger partial charge is 0.316 e. The summed E-state index contributed by atoms with van der Waals surface area (Å²) in [5, 5.41) is 21.3. The summed E-state index contributed by atoms with van der Waals surface area (Å²) in [6.07, 6.45) is 0. The van der Waals surface area contributed by atoms with Gasteiger partial charge in [-0.2, -0.15) is 0 Å². The molecule has 1 aromatic carbocycles. The van der Waals surface area contributed by atoms with E-state index >= 15 is 0 Å². The van der Waals surface area contributed by atoms with Gasteiger partial charge in [-0.3, -0.25) is 25.0 Å². The highest BCUT2D eigenvalue weighted by molar-refractivity contribution is 8.01. The van der Waals surface area contributed by atoms with Gasteiger partial charge in [0, 0.05) is 17.2 Å². The molecule has 1 heterocycles. The Morgan fingerprint density at radius 1 is 1.42 bits per heavy atom. The van der Waals surface area contributed by atoms with Gasteiger partial charge in [-0.05, 0) is 19.1 Å². The summed E-state index contributed by atoms with van der Waals surface area (Å²) >= 11 is 2.26. The number of esters is 1. The second-order valence-corrected chi connectivity index (χ2v) is 6.65. The van der Waals surface area contributed by atoms with E-state index < -0.39 is 10.8 Å². The lowest BCUT2D eigenvalue weighted by Gasteiger charge is -2.03. The fourth-order valence-electron chi connectivity index (χ4n) is 1.67. The molecule has 0 unspecified atom stereocenters. The summed E-state index contributed by atoms with van der Waals surface area (Å²) < 4.78 is 5.03. The summed E-state index contributed by atoms with van der Waals surface area (Å²) in [5.41, 5.74) is 0.611. The number of aromatic nitrogens is 2. The largest absolute Gasteiger partial charge is 0.468 e. The van der Waals surface area contributed by atoms with E-state index in [1.807, 2.05) is 0 Å². The number of nitro groups is 1. The van der Waals surface area contributed by atoms with E-state index in [-0.39, 0.29) is 28.1 Å².